The predicted molar refractivity (Wildman–Crippen MR) is 83.1 cm³/mol. The molecular formula is C13H9BrClNO3S. The molecule has 4 nitrogen and oxygen atoms in total. The Morgan fingerprint density at radius 2 is 2.05 bits per heavy atom. The first-order valence-electron chi connectivity index (χ1n) is 5.48. The van der Waals surface area contributed by atoms with Gasteiger partial charge in [0.25, 0.3) is 5.91 Å². The smallest absolute Gasteiger partial charge is 0.337 e. The second-order valence-electron chi connectivity index (χ2n) is 4.02. The maximum Gasteiger partial charge on any atom is 0.337 e. The van der Waals surface area contributed by atoms with Crippen LogP contribution in [0.1, 0.15) is 25.6 Å². The Balaban J connectivity index is 2.32. The molecule has 0 saturated heterocycles. The normalized spacial score (nSPS) is 10.3. The Kier molecular flexibility index (Phi) is 4.47. The zero-order valence-corrected chi connectivity index (χ0v) is 13.4. The van der Waals surface area contributed by atoms with Gasteiger partial charge in [0.15, 0.2) is 0 Å². The highest BCUT2D eigenvalue weighted by molar-refractivity contribution is 9.11. The predicted octanol–water partition coefficient (Wildman–Crippen LogP) is 4.42. The van der Waals surface area contributed by atoms with Crippen molar-refractivity contribution in [2.24, 2.45) is 0 Å². The summed E-state index contributed by atoms with van der Waals surface area (Å²) in [4.78, 5) is 23.7. The van der Waals surface area contributed by atoms with Gasteiger partial charge in [-0.05, 0) is 52.7 Å². The first-order valence-corrected chi connectivity index (χ1v) is 7.47. The standard InChI is InChI=1S/C13H9BrClNO3S/c1-6-4-10(20-11(6)14)12(17)16-9-5-7(15)2-3-8(9)13(18)19/h2-5H,1H3,(H,16,17)(H,18,19). The summed E-state index contributed by atoms with van der Waals surface area (Å²) in [6.07, 6.45) is 0. The molecule has 2 aromatic rings. The molecule has 2 N–H and O–H groups in total. The summed E-state index contributed by atoms with van der Waals surface area (Å²) < 4.78 is 0.868. The van der Waals surface area contributed by atoms with Crippen LogP contribution in [0.15, 0.2) is 28.1 Å². The maximum atomic E-state index is 12.1. The topological polar surface area (TPSA) is 66.4 Å². The molecule has 0 saturated carbocycles. The first-order chi connectivity index (χ1) is 9.38. The molecule has 1 amide bonds. The zero-order chi connectivity index (χ0) is 14.9. The van der Waals surface area contributed by atoms with Crippen molar-refractivity contribution in [1.82, 2.24) is 0 Å². The molecule has 0 aliphatic carbocycles. The third-order valence-electron chi connectivity index (χ3n) is 2.54. The second-order valence-corrected chi connectivity index (χ2v) is 6.82. The van der Waals surface area contributed by atoms with Crippen molar-refractivity contribution in [2.75, 3.05) is 5.32 Å². The summed E-state index contributed by atoms with van der Waals surface area (Å²) in [5.74, 6) is -1.49. The van der Waals surface area contributed by atoms with Crippen LogP contribution in [-0.4, -0.2) is 17.0 Å². The Hall–Kier alpha value is -1.37. The molecule has 20 heavy (non-hydrogen) atoms. The molecule has 7 heteroatoms. The van der Waals surface area contributed by atoms with Crippen LogP contribution in [0.3, 0.4) is 0 Å². The number of carbonyl (C=O) groups excluding carboxylic acids is 1. The lowest BCUT2D eigenvalue weighted by Crippen LogP contribution is -2.13. The average Bonchev–Trinajstić information content (AvgIpc) is 2.69. The number of carboxylic acids is 1. The molecule has 0 unspecified atom stereocenters. The van der Waals surface area contributed by atoms with Gasteiger partial charge in [-0.15, -0.1) is 11.3 Å². The fourth-order valence-electron chi connectivity index (χ4n) is 1.56. The average molecular weight is 375 g/mol. The van der Waals surface area contributed by atoms with Crippen molar-refractivity contribution in [1.29, 1.82) is 0 Å². The van der Waals surface area contributed by atoms with Crippen molar-refractivity contribution in [3.8, 4) is 0 Å². The molecule has 1 heterocycles. The lowest BCUT2D eigenvalue weighted by atomic mass is 10.1. The maximum absolute atomic E-state index is 12.1. The number of rotatable bonds is 3. The Labute approximate surface area is 132 Å². The lowest BCUT2D eigenvalue weighted by Gasteiger charge is -2.07. The van der Waals surface area contributed by atoms with Gasteiger partial charge in [0, 0.05) is 5.02 Å². The monoisotopic (exact) mass is 373 g/mol. The van der Waals surface area contributed by atoms with Crippen molar-refractivity contribution >= 4 is 56.4 Å². The second kappa shape index (κ2) is 5.95. The van der Waals surface area contributed by atoms with E-state index in [9.17, 15) is 9.59 Å². The number of carboxylic acid groups (broad SMARTS) is 1. The molecule has 0 fully saturated rings. The lowest BCUT2D eigenvalue weighted by molar-refractivity contribution is 0.0698. The highest BCUT2D eigenvalue weighted by Gasteiger charge is 2.16. The fourth-order valence-corrected chi connectivity index (χ4v) is 3.16. The van der Waals surface area contributed by atoms with E-state index < -0.39 is 5.97 Å². The van der Waals surface area contributed by atoms with Gasteiger partial charge in [0.1, 0.15) is 0 Å². The molecule has 0 radical (unpaired) electrons. The van der Waals surface area contributed by atoms with Crippen LogP contribution in [0, 0.1) is 6.92 Å². The summed E-state index contributed by atoms with van der Waals surface area (Å²) in [7, 11) is 0. The van der Waals surface area contributed by atoms with Crippen molar-refractivity contribution < 1.29 is 14.7 Å². The van der Waals surface area contributed by atoms with Gasteiger partial charge in [-0.1, -0.05) is 11.6 Å². The highest BCUT2D eigenvalue weighted by atomic mass is 79.9. The van der Waals surface area contributed by atoms with Crippen molar-refractivity contribution in [2.45, 2.75) is 6.92 Å². The number of hydrogen-bond donors (Lipinski definition) is 2. The number of nitrogens with one attached hydrogen (secondary N) is 1. The Morgan fingerprint density at radius 3 is 2.60 bits per heavy atom. The largest absolute Gasteiger partial charge is 0.478 e. The van der Waals surface area contributed by atoms with Gasteiger partial charge in [-0.2, -0.15) is 0 Å². The van der Waals surface area contributed by atoms with Crippen LogP contribution < -0.4 is 5.32 Å². The molecule has 0 atom stereocenters. The summed E-state index contributed by atoms with van der Waals surface area (Å²) in [5, 5.41) is 12.0. The summed E-state index contributed by atoms with van der Waals surface area (Å²) in [6, 6.07) is 5.97. The quantitative estimate of drug-likeness (QED) is 0.835. The van der Waals surface area contributed by atoms with Gasteiger partial charge >= 0.3 is 5.97 Å². The van der Waals surface area contributed by atoms with Crippen molar-refractivity contribution in [3.63, 3.8) is 0 Å². The number of aromatic carboxylic acids is 1. The number of amides is 1. The van der Waals surface area contributed by atoms with E-state index in [-0.39, 0.29) is 17.2 Å². The van der Waals surface area contributed by atoms with E-state index >= 15 is 0 Å². The van der Waals surface area contributed by atoms with E-state index in [1.165, 1.54) is 29.5 Å². The van der Waals surface area contributed by atoms with Gasteiger partial charge < -0.3 is 10.4 Å². The molecule has 104 valence electrons. The number of carbonyl (C=O) groups is 2. The molecule has 0 aliphatic heterocycles. The number of hydrogen-bond acceptors (Lipinski definition) is 3. The Bertz CT molecular complexity index is 679. The van der Waals surface area contributed by atoms with Gasteiger partial charge in [-0.3, -0.25) is 4.79 Å². The number of benzene rings is 1. The SMILES string of the molecule is Cc1cc(C(=O)Nc2cc(Cl)ccc2C(=O)O)sc1Br. The minimum atomic E-state index is -1.12. The molecule has 0 bridgehead atoms. The molecule has 0 aliphatic rings. The fraction of sp³-hybridized carbons (Fsp3) is 0.0769. The van der Waals surface area contributed by atoms with E-state index in [4.69, 9.17) is 16.7 Å². The van der Waals surface area contributed by atoms with Gasteiger partial charge in [-0.25, -0.2) is 4.79 Å². The van der Waals surface area contributed by atoms with Gasteiger partial charge in [0.05, 0.1) is 19.9 Å². The number of thiophene rings is 1. The molecule has 0 spiro atoms. The van der Waals surface area contributed by atoms with E-state index in [0.29, 0.717) is 9.90 Å². The molecule has 1 aromatic carbocycles. The minimum absolute atomic E-state index is 0.00454. The Morgan fingerprint density at radius 1 is 1.35 bits per heavy atom. The van der Waals surface area contributed by atoms with Crippen LogP contribution in [0.25, 0.3) is 0 Å². The van der Waals surface area contributed by atoms with Crippen LogP contribution in [0.4, 0.5) is 5.69 Å². The zero-order valence-electron chi connectivity index (χ0n) is 10.2. The van der Waals surface area contributed by atoms with E-state index in [0.717, 1.165) is 9.35 Å². The first kappa shape index (κ1) is 15.0. The molecule has 2 rings (SSSR count). The number of halogens is 2. The minimum Gasteiger partial charge on any atom is -0.478 e. The molecular weight excluding hydrogens is 366 g/mol. The van der Waals surface area contributed by atoms with Gasteiger partial charge in [0.2, 0.25) is 0 Å². The van der Waals surface area contributed by atoms with Crippen LogP contribution in [-0.2, 0) is 0 Å². The third kappa shape index (κ3) is 3.20. The summed E-state index contributed by atoms with van der Waals surface area (Å²) in [6.45, 7) is 1.87. The number of aryl methyl sites for hydroxylation is 1. The van der Waals surface area contributed by atoms with Crippen LogP contribution in [0.5, 0.6) is 0 Å². The third-order valence-corrected chi connectivity index (χ3v) is 4.91. The van der Waals surface area contributed by atoms with Crippen LogP contribution in [0.2, 0.25) is 5.02 Å². The van der Waals surface area contributed by atoms with E-state index in [1.807, 2.05) is 6.92 Å². The van der Waals surface area contributed by atoms with E-state index in [1.54, 1.807) is 6.07 Å². The summed E-state index contributed by atoms with van der Waals surface area (Å²) >= 11 is 10.5. The highest BCUT2D eigenvalue weighted by Crippen LogP contribution is 2.29. The number of anilines is 1. The molecule has 1 aromatic heterocycles. The van der Waals surface area contributed by atoms with Crippen LogP contribution >= 0.6 is 38.9 Å². The van der Waals surface area contributed by atoms with Crippen molar-refractivity contribution in [3.05, 3.63) is 49.1 Å². The van der Waals surface area contributed by atoms with E-state index in [2.05, 4.69) is 21.2 Å². The summed E-state index contributed by atoms with van der Waals surface area (Å²) in [5.41, 5.74) is 1.12.